The summed E-state index contributed by atoms with van der Waals surface area (Å²) in [6, 6.07) is 8.00. The fourth-order valence-corrected chi connectivity index (χ4v) is 1.64. The van der Waals surface area contributed by atoms with Crippen LogP contribution in [0, 0.1) is 6.92 Å². The van der Waals surface area contributed by atoms with Gasteiger partial charge in [-0.1, -0.05) is 34.1 Å². The maximum atomic E-state index is 5.30. The van der Waals surface area contributed by atoms with Crippen LogP contribution >= 0.6 is 15.9 Å². The summed E-state index contributed by atoms with van der Waals surface area (Å²) in [7, 11) is 0. The molecule has 0 spiro atoms. The zero-order valence-corrected chi connectivity index (χ0v) is 9.28. The van der Waals surface area contributed by atoms with E-state index in [1.165, 1.54) is 0 Å². The molecule has 1 aromatic heterocycles. The van der Waals surface area contributed by atoms with Crippen molar-refractivity contribution in [2.45, 2.75) is 13.3 Å². The van der Waals surface area contributed by atoms with Gasteiger partial charge in [-0.15, -0.1) is 10.2 Å². The molecule has 2 aromatic rings. The Balaban J connectivity index is 2.23. The third-order valence-electron chi connectivity index (χ3n) is 1.87. The molecule has 2 rings (SSSR count). The summed E-state index contributed by atoms with van der Waals surface area (Å²) in [4.78, 5) is 0. The lowest BCUT2D eigenvalue weighted by Gasteiger charge is -1.99. The first-order valence-electron chi connectivity index (χ1n) is 4.28. The van der Waals surface area contributed by atoms with E-state index in [0.717, 1.165) is 10.0 Å². The SMILES string of the molecule is Cc1nnc(Cc2ccccc2Br)o1. The van der Waals surface area contributed by atoms with Crippen molar-refractivity contribution in [3.05, 3.63) is 46.1 Å². The van der Waals surface area contributed by atoms with E-state index in [2.05, 4.69) is 26.1 Å². The van der Waals surface area contributed by atoms with Gasteiger partial charge in [-0.25, -0.2) is 0 Å². The average Bonchev–Trinajstić information content (AvgIpc) is 2.56. The summed E-state index contributed by atoms with van der Waals surface area (Å²) in [5, 5.41) is 7.73. The molecule has 0 amide bonds. The fourth-order valence-electron chi connectivity index (χ4n) is 1.21. The zero-order chi connectivity index (χ0) is 9.97. The lowest BCUT2D eigenvalue weighted by Crippen LogP contribution is -1.89. The van der Waals surface area contributed by atoms with Crippen LogP contribution in [-0.2, 0) is 6.42 Å². The molecule has 0 aliphatic rings. The second kappa shape index (κ2) is 3.92. The largest absolute Gasteiger partial charge is 0.425 e. The lowest BCUT2D eigenvalue weighted by molar-refractivity contribution is 0.477. The molecule has 4 heteroatoms. The Bertz CT molecular complexity index is 439. The highest BCUT2D eigenvalue weighted by molar-refractivity contribution is 9.10. The standard InChI is InChI=1S/C10H9BrN2O/c1-7-12-13-10(14-7)6-8-4-2-3-5-9(8)11/h2-5H,6H2,1H3. The van der Waals surface area contributed by atoms with Crippen molar-refractivity contribution in [1.29, 1.82) is 0 Å². The van der Waals surface area contributed by atoms with Crippen LogP contribution in [0.25, 0.3) is 0 Å². The number of benzene rings is 1. The van der Waals surface area contributed by atoms with E-state index in [-0.39, 0.29) is 0 Å². The van der Waals surface area contributed by atoms with Crippen LogP contribution in [0.3, 0.4) is 0 Å². The summed E-state index contributed by atoms with van der Waals surface area (Å²) < 4.78 is 6.36. The van der Waals surface area contributed by atoms with Crippen molar-refractivity contribution < 1.29 is 4.42 Å². The Kier molecular flexibility index (Phi) is 2.63. The number of aryl methyl sites for hydroxylation is 1. The minimum absolute atomic E-state index is 0.604. The van der Waals surface area contributed by atoms with Crippen molar-refractivity contribution in [2.75, 3.05) is 0 Å². The molecular weight excluding hydrogens is 244 g/mol. The molecule has 0 atom stereocenters. The van der Waals surface area contributed by atoms with Crippen LogP contribution in [0.4, 0.5) is 0 Å². The molecule has 14 heavy (non-hydrogen) atoms. The number of rotatable bonds is 2. The lowest BCUT2D eigenvalue weighted by atomic mass is 10.1. The van der Waals surface area contributed by atoms with Gasteiger partial charge in [0.05, 0.1) is 6.42 Å². The molecule has 0 bridgehead atoms. The first kappa shape index (κ1) is 9.40. The van der Waals surface area contributed by atoms with Crippen LogP contribution < -0.4 is 0 Å². The molecular formula is C10H9BrN2O. The van der Waals surface area contributed by atoms with Gasteiger partial charge in [-0.3, -0.25) is 0 Å². The number of aromatic nitrogens is 2. The molecule has 0 saturated carbocycles. The summed E-state index contributed by atoms with van der Waals surface area (Å²) in [6.45, 7) is 1.79. The van der Waals surface area contributed by atoms with Crippen molar-refractivity contribution in [2.24, 2.45) is 0 Å². The molecule has 1 aromatic carbocycles. The molecule has 1 heterocycles. The maximum absolute atomic E-state index is 5.30. The van der Waals surface area contributed by atoms with E-state index in [0.29, 0.717) is 18.2 Å². The smallest absolute Gasteiger partial charge is 0.220 e. The third kappa shape index (κ3) is 2.01. The van der Waals surface area contributed by atoms with Gasteiger partial charge in [0.2, 0.25) is 11.8 Å². The van der Waals surface area contributed by atoms with Gasteiger partial charge in [-0.05, 0) is 11.6 Å². The van der Waals surface area contributed by atoms with Crippen LogP contribution in [0.15, 0.2) is 33.2 Å². The van der Waals surface area contributed by atoms with Crippen LogP contribution in [0.1, 0.15) is 17.3 Å². The summed E-state index contributed by atoms with van der Waals surface area (Å²) in [5.74, 6) is 1.25. The number of halogens is 1. The average molecular weight is 253 g/mol. The Morgan fingerprint density at radius 3 is 2.71 bits per heavy atom. The topological polar surface area (TPSA) is 38.9 Å². The van der Waals surface area contributed by atoms with Crippen molar-refractivity contribution in [3.63, 3.8) is 0 Å². The van der Waals surface area contributed by atoms with Crippen molar-refractivity contribution in [3.8, 4) is 0 Å². The number of hydrogen-bond acceptors (Lipinski definition) is 3. The van der Waals surface area contributed by atoms with Crippen molar-refractivity contribution in [1.82, 2.24) is 10.2 Å². The zero-order valence-electron chi connectivity index (χ0n) is 7.70. The van der Waals surface area contributed by atoms with Crippen LogP contribution in [0.2, 0.25) is 0 Å². The predicted octanol–water partition coefficient (Wildman–Crippen LogP) is 2.73. The van der Waals surface area contributed by atoms with E-state index in [1.807, 2.05) is 24.3 Å². The van der Waals surface area contributed by atoms with Gasteiger partial charge in [0.15, 0.2) is 0 Å². The molecule has 0 unspecified atom stereocenters. The monoisotopic (exact) mass is 252 g/mol. The quantitative estimate of drug-likeness (QED) is 0.825. The third-order valence-corrected chi connectivity index (χ3v) is 2.64. The first-order valence-corrected chi connectivity index (χ1v) is 5.07. The molecule has 3 nitrogen and oxygen atoms in total. The normalized spacial score (nSPS) is 10.4. The van der Waals surface area contributed by atoms with Gasteiger partial charge < -0.3 is 4.42 Å². The molecule has 0 aliphatic carbocycles. The van der Waals surface area contributed by atoms with Crippen molar-refractivity contribution >= 4 is 15.9 Å². The maximum Gasteiger partial charge on any atom is 0.220 e. The molecule has 0 N–H and O–H groups in total. The molecule has 72 valence electrons. The first-order chi connectivity index (χ1) is 6.75. The van der Waals surface area contributed by atoms with Crippen LogP contribution in [0.5, 0.6) is 0 Å². The second-order valence-electron chi connectivity index (χ2n) is 2.98. The Hall–Kier alpha value is -1.16. The number of hydrogen-bond donors (Lipinski definition) is 0. The molecule has 0 aliphatic heterocycles. The molecule has 0 radical (unpaired) electrons. The van der Waals surface area contributed by atoms with E-state index < -0.39 is 0 Å². The van der Waals surface area contributed by atoms with Gasteiger partial charge in [-0.2, -0.15) is 0 Å². The minimum atomic E-state index is 0.604. The predicted molar refractivity (Wildman–Crippen MR) is 56.0 cm³/mol. The fraction of sp³-hybridized carbons (Fsp3) is 0.200. The van der Waals surface area contributed by atoms with Gasteiger partial charge in [0.1, 0.15) is 0 Å². The summed E-state index contributed by atoms with van der Waals surface area (Å²) in [6.07, 6.45) is 0.669. The second-order valence-corrected chi connectivity index (χ2v) is 3.84. The van der Waals surface area contributed by atoms with Gasteiger partial charge in [0, 0.05) is 11.4 Å². The van der Waals surface area contributed by atoms with E-state index in [1.54, 1.807) is 6.92 Å². The van der Waals surface area contributed by atoms with Gasteiger partial charge in [0.25, 0.3) is 0 Å². The van der Waals surface area contributed by atoms with E-state index in [4.69, 9.17) is 4.42 Å². The highest BCUT2D eigenvalue weighted by Crippen LogP contribution is 2.18. The highest BCUT2D eigenvalue weighted by Gasteiger charge is 2.05. The molecule has 0 fully saturated rings. The summed E-state index contributed by atoms with van der Waals surface area (Å²) in [5.41, 5.74) is 1.15. The van der Waals surface area contributed by atoms with E-state index in [9.17, 15) is 0 Å². The molecule has 0 saturated heterocycles. The van der Waals surface area contributed by atoms with Gasteiger partial charge >= 0.3 is 0 Å². The minimum Gasteiger partial charge on any atom is -0.425 e. The Morgan fingerprint density at radius 2 is 2.07 bits per heavy atom. The number of nitrogens with zero attached hydrogens (tertiary/aromatic N) is 2. The van der Waals surface area contributed by atoms with Crippen LogP contribution in [-0.4, -0.2) is 10.2 Å². The summed E-state index contributed by atoms with van der Waals surface area (Å²) >= 11 is 3.47. The Morgan fingerprint density at radius 1 is 1.29 bits per heavy atom. The highest BCUT2D eigenvalue weighted by atomic mass is 79.9. The Labute approximate surface area is 90.3 Å². The van der Waals surface area contributed by atoms with E-state index >= 15 is 0 Å².